The van der Waals surface area contributed by atoms with Gasteiger partial charge in [0.1, 0.15) is 11.9 Å². The third-order valence-corrected chi connectivity index (χ3v) is 1.94. The van der Waals surface area contributed by atoms with Crippen LogP contribution in [-0.2, 0) is 4.74 Å². The molecule has 0 atom stereocenters. The molecule has 0 fully saturated rings. The normalized spacial score (nSPS) is 9.93. The molecule has 0 aliphatic rings. The average molecular weight is 203 g/mol. The molecule has 15 heavy (non-hydrogen) atoms. The maximum absolute atomic E-state index is 11.4. The Morgan fingerprint density at radius 2 is 2.33 bits per heavy atom. The maximum atomic E-state index is 11.4. The zero-order chi connectivity index (χ0) is 10.7. The summed E-state index contributed by atoms with van der Waals surface area (Å²) in [4.78, 5) is 19.4. The maximum Gasteiger partial charge on any atom is 0.341 e. The quantitative estimate of drug-likeness (QED) is 0.684. The van der Waals surface area contributed by atoms with E-state index in [9.17, 15) is 4.79 Å². The van der Waals surface area contributed by atoms with Crippen LogP contribution in [0.5, 0.6) is 0 Å². The van der Waals surface area contributed by atoms with E-state index >= 15 is 0 Å². The third-order valence-electron chi connectivity index (χ3n) is 1.94. The largest absolute Gasteiger partial charge is 0.465 e. The van der Waals surface area contributed by atoms with Crippen molar-refractivity contribution in [3.05, 3.63) is 42.6 Å². The van der Waals surface area contributed by atoms with Crippen LogP contribution in [0.15, 0.2) is 37.1 Å². The van der Waals surface area contributed by atoms with Crippen LogP contribution < -0.4 is 0 Å². The van der Waals surface area contributed by atoms with E-state index in [4.69, 9.17) is 0 Å². The molecule has 2 aromatic heterocycles. The lowest BCUT2D eigenvalue weighted by molar-refractivity contribution is 0.0600. The van der Waals surface area contributed by atoms with Gasteiger partial charge in [-0.2, -0.15) is 0 Å². The number of esters is 1. The highest BCUT2D eigenvalue weighted by molar-refractivity contribution is 5.92. The molecule has 0 radical (unpaired) electrons. The summed E-state index contributed by atoms with van der Waals surface area (Å²) >= 11 is 0. The molecule has 2 heterocycles. The molecule has 0 N–H and O–H groups in total. The van der Waals surface area contributed by atoms with Gasteiger partial charge in [-0.1, -0.05) is 0 Å². The molecule has 2 aromatic rings. The summed E-state index contributed by atoms with van der Waals surface area (Å²) in [5, 5.41) is 0. The van der Waals surface area contributed by atoms with Gasteiger partial charge in [0.15, 0.2) is 5.82 Å². The van der Waals surface area contributed by atoms with Gasteiger partial charge in [-0.25, -0.2) is 14.8 Å². The van der Waals surface area contributed by atoms with Gasteiger partial charge in [0.2, 0.25) is 0 Å². The fraction of sp³-hybridized carbons (Fsp3) is 0.100. The second-order valence-electron chi connectivity index (χ2n) is 2.84. The summed E-state index contributed by atoms with van der Waals surface area (Å²) in [7, 11) is 1.34. The highest BCUT2D eigenvalue weighted by Crippen LogP contribution is 2.11. The van der Waals surface area contributed by atoms with E-state index in [0.717, 1.165) is 0 Å². The van der Waals surface area contributed by atoms with Crippen LogP contribution in [0, 0.1) is 0 Å². The van der Waals surface area contributed by atoms with Crippen molar-refractivity contribution in [3.63, 3.8) is 0 Å². The van der Waals surface area contributed by atoms with Crippen LogP contribution in [0.4, 0.5) is 0 Å². The molecule has 0 saturated carbocycles. The van der Waals surface area contributed by atoms with Crippen molar-refractivity contribution >= 4 is 5.97 Å². The molecule has 0 unspecified atom stereocenters. The minimum Gasteiger partial charge on any atom is -0.465 e. The van der Waals surface area contributed by atoms with E-state index in [2.05, 4.69) is 14.7 Å². The second kappa shape index (κ2) is 3.91. The zero-order valence-corrected chi connectivity index (χ0v) is 8.12. The summed E-state index contributed by atoms with van der Waals surface area (Å²) in [5.74, 6) is 0.105. The van der Waals surface area contributed by atoms with Gasteiger partial charge in [0.25, 0.3) is 0 Å². The number of carbonyl (C=O) groups is 1. The fourth-order valence-corrected chi connectivity index (χ4v) is 1.26. The first kappa shape index (κ1) is 9.39. The molecule has 0 spiro atoms. The molecular formula is C10H9N3O2. The highest BCUT2D eigenvalue weighted by atomic mass is 16.5. The minimum absolute atomic E-state index is 0.410. The van der Waals surface area contributed by atoms with Crippen LogP contribution in [0.1, 0.15) is 10.4 Å². The Bertz CT molecular complexity index is 465. The van der Waals surface area contributed by atoms with Gasteiger partial charge >= 0.3 is 5.97 Å². The van der Waals surface area contributed by atoms with Gasteiger partial charge in [-0.05, 0) is 12.1 Å². The molecule has 2 rings (SSSR count). The van der Waals surface area contributed by atoms with Crippen LogP contribution in [0.3, 0.4) is 0 Å². The Labute approximate surface area is 86.4 Å². The van der Waals surface area contributed by atoms with E-state index in [-0.39, 0.29) is 0 Å². The van der Waals surface area contributed by atoms with E-state index < -0.39 is 5.97 Å². The predicted molar refractivity (Wildman–Crippen MR) is 52.7 cm³/mol. The van der Waals surface area contributed by atoms with Crippen molar-refractivity contribution in [2.45, 2.75) is 0 Å². The van der Waals surface area contributed by atoms with Gasteiger partial charge in [0, 0.05) is 18.6 Å². The second-order valence-corrected chi connectivity index (χ2v) is 2.84. The van der Waals surface area contributed by atoms with Crippen LogP contribution in [-0.4, -0.2) is 27.6 Å². The van der Waals surface area contributed by atoms with Gasteiger partial charge in [0.05, 0.1) is 7.11 Å². The van der Waals surface area contributed by atoms with E-state index in [1.54, 1.807) is 41.6 Å². The summed E-state index contributed by atoms with van der Waals surface area (Å²) in [6, 6.07) is 3.35. The van der Waals surface area contributed by atoms with Crippen molar-refractivity contribution in [2.75, 3.05) is 7.11 Å². The number of rotatable bonds is 2. The first-order valence-corrected chi connectivity index (χ1v) is 4.34. The van der Waals surface area contributed by atoms with Gasteiger partial charge < -0.3 is 4.74 Å². The van der Waals surface area contributed by atoms with E-state index in [0.29, 0.717) is 11.4 Å². The lowest BCUT2D eigenvalue weighted by Crippen LogP contribution is -2.08. The molecule has 0 saturated heterocycles. The molecule has 0 amide bonds. The average Bonchev–Trinajstić information content (AvgIpc) is 2.81. The van der Waals surface area contributed by atoms with E-state index in [1.165, 1.54) is 7.11 Å². The Kier molecular flexibility index (Phi) is 2.45. The zero-order valence-electron chi connectivity index (χ0n) is 8.12. The Morgan fingerprint density at radius 3 is 3.00 bits per heavy atom. The van der Waals surface area contributed by atoms with Crippen molar-refractivity contribution < 1.29 is 9.53 Å². The van der Waals surface area contributed by atoms with E-state index in [1.807, 2.05) is 0 Å². The van der Waals surface area contributed by atoms with Crippen molar-refractivity contribution in [1.82, 2.24) is 14.5 Å². The molecular weight excluding hydrogens is 194 g/mol. The number of carbonyl (C=O) groups excluding carboxylic acids is 1. The minimum atomic E-state index is -0.410. The Hall–Kier alpha value is -2.17. The molecule has 5 nitrogen and oxygen atoms in total. The lowest BCUT2D eigenvalue weighted by Gasteiger charge is -2.06. The predicted octanol–water partition coefficient (Wildman–Crippen LogP) is 1.05. The highest BCUT2D eigenvalue weighted by Gasteiger charge is 2.13. The van der Waals surface area contributed by atoms with Crippen LogP contribution in [0.2, 0.25) is 0 Å². The topological polar surface area (TPSA) is 57.0 Å². The number of nitrogens with zero attached hydrogens (tertiary/aromatic N) is 3. The SMILES string of the molecule is COC(=O)c1cccnc1-n1ccnc1. The smallest absolute Gasteiger partial charge is 0.341 e. The third kappa shape index (κ3) is 1.71. The van der Waals surface area contributed by atoms with Crippen molar-refractivity contribution in [2.24, 2.45) is 0 Å². The number of hydrogen-bond acceptors (Lipinski definition) is 4. The summed E-state index contributed by atoms with van der Waals surface area (Å²) in [6.45, 7) is 0. The monoisotopic (exact) mass is 203 g/mol. The number of ether oxygens (including phenoxy) is 1. The molecule has 0 bridgehead atoms. The van der Waals surface area contributed by atoms with Gasteiger partial charge in [-0.3, -0.25) is 4.57 Å². The first-order valence-electron chi connectivity index (χ1n) is 4.34. The molecule has 76 valence electrons. The molecule has 0 aromatic carbocycles. The number of hydrogen-bond donors (Lipinski definition) is 0. The van der Waals surface area contributed by atoms with Crippen LogP contribution >= 0.6 is 0 Å². The summed E-state index contributed by atoms with van der Waals surface area (Å²) in [5.41, 5.74) is 0.415. The molecule has 5 heteroatoms. The van der Waals surface area contributed by atoms with Crippen molar-refractivity contribution in [3.8, 4) is 5.82 Å². The van der Waals surface area contributed by atoms with Gasteiger partial charge in [-0.15, -0.1) is 0 Å². The lowest BCUT2D eigenvalue weighted by atomic mass is 10.2. The number of methoxy groups -OCH3 is 1. The summed E-state index contributed by atoms with van der Waals surface area (Å²) in [6.07, 6.45) is 6.53. The molecule has 0 aliphatic heterocycles. The Morgan fingerprint density at radius 1 is 1.47 bits per heavy atom. The number of aromatic nitrogens is 3. The Balaban J connectivity index is 2.52. The number of imidazole rings is 1. The van der Waals surface area contributed by atoms with Crippen LogP contribution in [0.25, 0.3) is 5.82 Å². The first-order chi connectivity index (χ1) is 7.33. The molecule has 0 aliphatic carbocycles. The summed E-state index contributed by atoms with van der Waals surface area (Å²) < 4.78 is 6.32. The number of pyridine rings is 1. The fourth-order valence-electron chi connectivity index (χ4n) is 1.26. The standard InChI is InChI=1S/C10H9N3O2/c1-15-10(14)8-3-2-4-12-9(8)13-6-5-11-7-13/h2-7H,1H3. The van der Waals surface area contributed by atoms with Crippen molar-refractivity contribution in [1.29, 1.82) is 0 Å².